The van der Waals surface area contributed by atoms with Crippen molar-refractivity contribution in [2.24, 2.45) is 0 Å². The van der Waals surface area contributed by atoms with Gasteiger partial charge in [-0.05, 0) is 91.0 Å². The van der Waals surface area contributed by atoms with Crippen LogP contribution in [0.3, 0.4) is 0 Å². The number of sulfone groups is 1. The lowest BCUT2D eigenvalue weighted by atomic mass is 10.1. The second-order valence-electron chi connectivity index (χ2n) is 17.2. The Hall–Kier alpha value is -8.03. The van der Waals surface area contributed by atoms with Crippen LogP contribution in [0, 0.1) is 0 Å². The molecule has 0 amide bonds. The number of nitrogens with zero attached hydrogens (tertiary/aromatic N) is 2. The summed E-state index contributed by atoms with van der Waals surface area (Å²) in [6.07, 6.45) is 0. The predicted molar refractivity (Wildman–Crippen MR) is 275 cm³/mol. The summed E-state index contributed by atoms with van der Waals surface area (Å²) in [7, 11) is -7.20. The lowest BCUT2D eigenvalue weighted by Crippen LogP contribution is -2.77. The van der Waals surface area contributed by atoms with Gasteiger partial charge in [0.1, 0.15) is 0 Å². The van der Waals surface area contributed by atoms with Crippen molar-refractivity contribution >= 4 is 82.3 Å². The number of hydrogen-bond acceptors (Lipinski definition) is 2. The Labute approximate surface area is 383 Å². The van der Waals surface area contributed by atoms with Gasteiger partial charge in [-0.2, -0.15) is 20.7 Å². The molecule has 0 unspecified atom stereocenters. The van der Waals surface area contributed by atoms with Gasteiger partial charge in [-0.15, -0.1) is 0 Å². The topological polar surface area (TPSA) is 44.0 Å². The summed E-state index contributed by atoms with van der Waals surface area (Å²) >= 11 is 0. The standard InChI is InChI=1S/C60H40N2O2SSi/c63-65(64)57-39-43(41-27-33-45(34-28-41)61-53-23-11-7-19-49(53)50-20-8-12-24-54(50)61)31-37-59(57)66(47-15-3-1-4-16-47,48-17-5-2-6-18-48)60-38-32-44(40-58(60)65)42-29-35-46(36-30-42)62-55-25-13-9-21-51(55)52-22-10-14-26-56(52)62/h1-40H/q-1. The van der Waals surface area contributed by atoms with Gasteiger partial charge in [0.2, 0.25) is 9.84 Å². The molecule has 10 aromatic carbocycles. The molecule has 0 bridgehead atoms. The Balaban J connectivity index is 0.969. The summed E-state index contributed by atoms with van der Waals surface area (Å²) in [5.74, 6) is 0. The molecule has 2 aromatic heterocycles. The van der Waals surface area contributed by atoms with Crippen molar-refractivity contribution in [2.75, 3.05) is 0 Å². The predicted octanol–water partition coefficient (Wildman–Crippen LogP) is 11.7. The van der Waals surface area contributed by atoms with Crippen molar-refractivity contribution < 1.29 is 8.42 Å². The minimum atomic E-state index is -4.01. The molecule has 0 saturated carbocycles. The van der Waals surface area contributed by atoms with E-state index in [1.165, 1.54) is 21.5 Å². The summed E-state index contributed by atoms with van der Waals surface area (Å²) in [6, 6.07) is 84.5. The van der Waals surface area contributed by atoms with Crippen LogP contribution in [0.25, 0.3) is 77.2 Å². The van der Waals surface area contributed by atoms with E-state index < -0.39 is 17.9 Å². The number of para-hydroxylation sites is 4. The average Bonchev–Trinajstić information content (AvgIpc) is 3.90. The molecule has 0 N–H and O–H groups in total. The molecule has 1 aliphatic heterocycles. The van der Waals surface area contributed by atoms with Crippen LogP contribution in [0.5, 0.6) is 0 Å². The van der Waals surface area contributed by atoms with Crippen molar-refractivity contribution in [2.45, 2.75) is 9.79 Å². The first-order valence-corrected chi connectivity index (χ1v) is 25.8. The highest BCUT2D eigenvalue weighted by molar-refractivity contribution is 7.92. The van der Waals surface area contributed by atoms with Gasteiger partial charge in [0.25, 0.3) is 0 Å². The minimum Gasteiger partial charge on any atom is -0.309 e. The zero-order chi connectivity index (χ0) is 44.0. The van der Waals surface area contributed by atoms with Crippen LogP contribution in [0.15, 0.2) is 252 Å². The van der Waals surface area contributed by atoms with Crippen LogP contribution >= 0.6 is 0 Å². The van der Waals surface area contributed by atoms with Gasteiger partial charge in [0.15, 0.2) is 0 Å². The molecule has 66 heavy (non-hydrogen) atoms. The fourth-order valence-electron chi connectivity index (χ4n) is 10.9. The lowest BCUT2D eigenvalue weighted by Gasteiger charge is -2.51. The second kappa shape index (κ2) is 14.8. The van der Waals surface area contributed by atoms with E-state index in [1.807, 2.05) is 24.3 Å². The molecule has 0 fully saturated rings. The molecule has 13 rings (SSSR count). The van der Waals surface area contributed by atoms with E-state index in [1.54, 1.807) is 0 Å². The molecule has 6 heteroatoms. The van der Waals surface area contributed by atoms with E-state index in [0.717, 1.165) is 76.4 Å². The second-order valence-corrected chi connectivity index (χ2v) is 22.9. The van der Waals surface area contributed by atoms with Crippen molar-refractivity contribution in [3.8, 4) is 33.6 Å². The number of aromatic nitrogens is 2. The van der Waals surface area contributed by atoms with Crippen molar-refractivity contribution in [3.63, 3.8) is 0 Å². The molecule has 0 atom stereocenters. The smallest absolute Gasteiger partial charge is 0.201 e. The Morgan fingerprint density at radius 3 is 0.955 bits per heavy atom. The van der Waals surface area contributed by atoms with E-state index in [-0.39, 0.29) is 0 Å². The van der Waals surface area contributed by atoms with E-state index >= 15 is 8.42 Å². The molecule has 12 aromatic rings. The van der Waals surface area contributed by atoms with Crippen molar-refractivity contribution in [3.05, 3.63) is 243 Å². The Bertz CT molecular complexity index is 3630. The van der Waals surface area contributed by atoms with Gasteiger partial charge in [0.05, 0.1) is 22.1 Å². The maximum absolute atomic E-state index is 15.5. The Kier molecular flexibility index (Phi) is 8.59. The van der Waals surface area contributed by atoms with Crippen LogP contribution in [0.1, 0.15) is 0 Å². The SMILES string of the molecule is O=S1(=O)c2cc(-c3ccc(-n4c5ccccc5c5ccccc54)cc3)ccc2[Si-](c2ccccc2)(c2ccccc2)c2ccc(-c3ccc(-n4c5ccccc5c5ccccc54)cc3)cc21. The van der Waals surface area contributed by atoms with Gasteiger partial charge in [-0.25, -0.2) is 8.42 Å². The summed E-state index contributed by atoms with van der Waals surface area (Å²) < 4.78 is 35.7. The van der Waals surface area contributed by atoms with E-state index in [2.05, 4.69) is 228 Å². The third kappa shape index (κ3) is 5.59. The molecule has 0 saturated heterocycles. The molecule has 0 spiro atoms. The quantitative estimate of drug-likeness (QED) is 0.156. The number of hydrogen-bond donors (Lipinski definition) is 0. The highest BCUT2D eigenvalue weighted by atomic mass is 32.2. The third-order valence-electron chi connectivity index (χ3n) is 13.8. The summed E-state index contributed by atoms with van der Waals surface area (Å²) in [5.41, 5.74) is 10.3. The lowest BCUT2D eigenvalue weighted by molar-refractivity contribution is 0.597. The van der Waals surface area contributed by atoms with Crippen LogP contribution in [0.4, 0.5) is 0 Å². The highest BCUT2D eigenvalue weighted by Crippen LogP contribution is 2.37. The monoisotopic (exact) mass is 880 g/mol. The highest BCUT2D eigenvalue weighted by Gasteiger charge is 2.41. The molecule has 313 valence electrons. The fourth-order valence-corrected chi connectivity index (χ4v) is 18.9. The molecule has 4 nitrogen and oxygen atoms in total. The largest absolute Gasteiger partial charge is 0.309 e. The molecule has 0 radical (unpaired) electrons. The van der Waals surface area contributed by atoms with E-state index in [4.69, 9.17) is 0 Å². The Morgan fingerprint density at radius 1 is 0.303 bits per heavy atom. The first kappa shape index (κ1) is 38.4. The number of benzene rings is 10. The maximum Gasteiger partial charge on any atom is 0.201 e. The van der Waals surface area contributed by atoms with Gasteiger partial charge in [0, 0.05) is 42.7 Å². The van der Waals surface area contributed by atoms with E-state index in [9.17, 15) is 0 Å². The zero-order valence-corrected chi connectivity index (χ0v) is 37.5. The van der Waals surface area contributed by atoms with Gasteiger partial charge >= 0.3 is 0 Å². The number of rotatable bonds is 6. The molecular weight excluding hydrogens is 841 g/mol. The van der Waals surface area contributed by atoms with Crippen LogP contribution in [0.2, 0.25) is 0 Å². The third-order valence-corrected chi connectivity index (χ3v) is 20.9. The summed E-state index contributed by atoms with van der Waals surface area (Å²) in [5, 5.41) is 8.87. The first-order chi connectivity index (χ1) is 32.5. The molecule has 0 aliphatic carbocycles. The Morgan fingerprint density at radius 2 is 0.606 bits per heavy atom. The van der Waals surface area contributed by atoms with Crippen LogP contribution < -0.4 is 20.7 Å². The van der Waals surface area contributed by atoms with Crippen LogP contribution in [-0.2, 0) is 9.84 Å². The first-order valence-electron chi connectivity index (χ1n) is 22.3. The van der Waals surface area contributed by atoms with Gasteiger partial charge < -0.3 is 9.13 Å². The number of fused-ring (bicyclic) bond motifs is 8. The van der Waals surface area contributed by atoms with Crippen molar-refractivity contribution in [1.29, 1.82) is 0 Å². The molecule has 1 aliphatic rings. The summed E-state index contributed by atoms with van der Waals surface area (Å²) in [4.78, 5) is 0.745. The van der Waals surface area contributed by atoms with Gasteiger partial charge in [-0.3, -0.25) is 0 Å². The maximum atomic E-state index is 15.5. The van der Waals surface area contributed by atoms with E-state index in [0.29, 0.717) is 9.79 Å². The molecule has 3 heterocycles. The minimum absolute atomic E-state index is 0.372. The molecular formula is C60H40N2O2SSi-. The fraction of sp³-hybridized carbons (Fsp3) is 0. The van der Waals surface area contributed by atoms with Gasteiger partial charge in [-0.1, -0.05) is 182 Å². The normalized spacial score (nSPS) is 13.8. The zero-order valence-electron chi connectivity index (χ0n) is 35.7. The van der Waals surface area contributed by atoms with Crippen LogP contribution in [-0.4, -0.2) is 25.6 Å². The van der Waals surface area contributed by atoms with Crippen molar-refractivity contribution in [1.82, 2.24) is 9.13 Å². The summed E-state index contributed by atoms with van der Waals surface area (Å²) in [6.45, 7) is 0. The average molecular weight is 881 g/mol.